The summed E-state index contributed by atoms with van der Waals surface area (Å²) in [5.41, 5.74) is 1.35. The summed E-state index contributed by atoms with van der Waals surface area (Å²) in [6, 6.07) is 4.92. The summed E-state index contributed by atoms with van der Waals surface area (Å²) in [6.45, 7) is -0.880. The number of aryl methyl sites for hydroxylation is 1. The highest BCUT2D eigenvalue weighted by Crippen LogP contribution is 2.21. The summed E-state index contributed by atoms with van der Waals surface area (Å²) in [5.74, 6) is 0.143. The number of nitrogens with zero attached hydrogens (tertiary/aromatic N) is 1. The van der Waals surface area contributed by atoms with E-state index in [-0.39, 0.29) is 12.3 Å². The van der Waals surface area contributed by atoms with Gasteiger partial charge < -0.3 is 9.94 Å². The topological polar surface area (TPSA) is 32.7 Å². The molecule has 0 aliphatic carbocycles. The van der Waals surface area contributed by atoms with Crippen molar-refractivity contribution in [2.24, 2.45) is 0 Å². The van der Waals surface area contributed by atoms with Crippen molar-refractivity contribution in [3.63, 3.8) is 0 Å². The molecule has 0 unspecified atom stereocenters. The molecule has 0 amide bonds. The van der Waals surface area contributed by atoms with Gasteiger partial charge in [0.25, 0.3) is 0 Å². The van der Waals surface area contributed by atoms with Gasteiger partial charge in [0.1, 0.15) is 5.75 Å². The van der Waals surface area contributed by atoms with Crippen molar-refractivity contribution in [1.82, 2.24) is 5.06 Å². The van der Waals surface area contributed by atoms with Crippen molar-refractivity contribution in [3.8, 4) is 5.75 Å². The van der Waals surface area contributed by atoms with E-state index in [1.807, 2.05) is 0 Å². The number of benzene rings is 1. The highest BCUT2D eigenvalue weighted by atomic mass is 19.3. The number of alkyl halides is 2. The first-order valence-corrected chi connectivity index (χ1v) is 4.43. The molecule has 0 aliphatic rings. The summed E-state index contributed by atoms with van der Waals surface area (Å²) in [5, 5.41) is 9.96. The number of hydrogen-bond donors (Lipinski definition) is 1. The van der Waals surface area contributed by atoms with Gasteiger partial charge in [0.15, 0.2) is 0 Å². The number of hydroxylamine groups is 2. The minimum atomic E-state index is -2.83. The van der Waals surface area contributed by atoms with Crippen molar-refractivity contribution in [2.75, 3.05) is 7.05 Å². The SMILES string of the molecule is Cc1ccc(CN(C)O)cc1OC(F)F. The molecular weight excluding hydrogens is 204 g/mol. The normalized spacial score (nSPS) is 11.1. The standard InChI is InChI=1S/C10H13F2NO2/c1-7-3-4-8(6-13(2)14)5-9(7)15-10(11)12/h3-5,10,14H,6H2,1-2H3. The maximum absolute atomic E-state index is 12.0. The zero-order valence-corrected chi connectivity index (χ0v) is 8.58. The van der Waals surface area contributed by atoms with Crippen molar-refractivity contribution in [2.45, 2.75) is 20.1 Å². The van der Waals surface area contributed by atoms with Crippen LogP contribution >= 0.6 is 0 Å². The van der Waals surface area contributed by atoms with Crippen LogP contribution < -0.4 is 4.74 Å². The summed E-state index contributed by atoms with van der Waals surface area (Å²) in [7, 11) is 1.48. The minimum Gasteiger partial charge on any atom is -0.435 e. The lowest BCUT2D eigenvalue weighted by Gasteiger charge is -2.12. The molecule has 0 aromatic heterocycles. The maximum atomic E-state index is 12.0. The second-order valence-electron chi connectivity index (χ2n) is 3.29. The molecule has 0 saturated heterocycles. The van der Waals surface area contributed by atoms with Crippen molar-refractivity contribution in [3.05, 3.63) is 29.3 Å². The molecule has 15 heavy (non-hydrogen) atoms. The largest absolute Gasteiger partial charge is 0.435 e. The first-order chi connectivity index (χ1) is 6.99. The molecule has 84 valence electrons. The molecule has 0 fully saturated rings. The van der Waals surface area contributed by atoms with Crippen LogP contribution in [0.3, 0.4) is 0 Å². The van der Waals surface area contributed by atoms with E-state index in [0.29, 0.717) is 11.1 Å². The Kier molecular flexibility index (Phi) is 3.99. The van der Waals surface area contributed by atoms with Crippen LogP contribution in [0.1, 0.15) is 11.1 Å². The Morgan fingerprint density at radius 3 is 2.67 bits per heavy atom. The first kappa shape index (κ1) is 11.9. The van der Waals surface area contributed by atoms with Crippen LogP contribution in [0, 0.1) is 6.92 Å². The third-order valence-corrected chi connectivity index (χ3v) is 1.88. The van der Waals surface area contributed by atoms with E-state index in [4.69, 9.17) is 5.21 Å². The lowest BCUT2D eigenvalue weighted by atomic mass is 10.1. The first-order valence-electron chi connectivity index (χ1n) is 4.43. The fraction of sp³-hybridized carbons (Fsp3) is 0.400. The van der Waals surface area contributed by atoms with E-state index in [1.54, 1.807) is 19.1 Å². The van der Waals surface area contributed by atoms with Crippen molar-refractivity contribution >= 4 is 0 Å². The molecule has 0 aliphatic heterocycles. The predicted octanol–water partition coefficient (Wildman–Crippen LogP) is 2.42. The maximum Gasteiger partial charge on any atom is 0.387 e. The van der Waals surface area contributed by atoms with Crippen LogP contribution in [0.15, 0.2) is 18.2 Å². The van der Waals surface area contributed by atoms with Gasteiger partial charge in [-0.3, -0.25) is 0 Å². The van der Waals surface area contributed by atoms with E-state index < -0.39 is 6.61 Å². The molecule has 1 rings (SSSR count). The number of ether oxygens (including phenoxy) is 1. The van der Waals surface area contributed by atoms with Crippen LogP contribution in [0.5, 0.6) is 5.75 Å². The highest BCUT2D eigenvalue weighted by molar-refractivity contribution is 5.36. The Morgan fingerprint density at radius 2 is 2.13 bits per heavy atom. The molecule has 0 radical (unpaired) electrons. The van der Waals surface area contributed by atoms with Crippen LogP contribution in [-0.2, 0) is 6.54 Å². The second-order valence-corrected chi connectivity index (χ2v) is 3.29. The zero-order valence-electron chi connectivity index (χ0n) is 8.58. The van der Waals surface area contributed by atoms with Crippen LogP contribution in [0.4, 0.5) is 8.78 Å². The molecule has 0 bridgehead atoms. The van der Waals surface area contributed by atoms with E-state index in [0.717, 1.165) is 5.06 Å². The lowest BCUT2D eigenvalue weighted by Crippen LogP contribution is -2.12. The van der Waals surface area contributed by atoms with Gasteiger partial charge in [-0.15, -0.1) is 0 Å². The van der Waals surface area contributed by atoms with Crippen molar-refractivity contribution in [1.29, 1.82) is 0 Å². The van der Waals surface area contributed by atoms with Gasteiger partial charge in [-0.05, 0) is 24.1 Å². The molecular formula is C10H13F2NO2. The summed E-state index contributed by atoms with van der Waals surface area (Å²) in [6.07, 6.45) is 0. The Morgan fingerprint density at radius 1 is 1.47 bits per heavy atom. The Labute approximate surface area is 86.8 Å². The van der Waals surface area contributed by atoms with Gasteiger partial charge in [-0.1, -0.05) is 12.1 Å². The van der Waals surface area contributed by atoms with E-state index in [9.17, 15) is 8.78 Å². The molecule has 1 N–H and O–H groups in total. The van der Waals surface area contributed by atoms with Gasteiger partial charge in [-0.25, -0.2) is 0 Å². The molecule has 1 aromatic rings. The Hall–Kier alpha value is -1.20. The van der Waals surface area contributed by atoms with Gasteiger partial charge in [0, 0.05) is 13.6 Å². The average Bonchev–Trinajstić information content (AvgIpc) is 2.09. The predicted molar refractivity (Wildman–Crippen MR) is 51.1 cm³/mol. The smallest absolute Gasteiger partial charge is 0.387 e. The molecule has 0 spiro atoms. The van der Waals surface area contributed by atoms with E-state index in [2.05, 4.69) is 4.74 Å². The van der Waals surface area contributed by atoms with Crippen LogP contribution in [0.25, 0.3) is 0 Å². The third kappa shape index (κ3) is 3.81. The minimum absolute atomic E-state index is 0.143. The Bertz CT molecular complexity index is 329. The van der Waals surface area contributed by atoms with Crippen LogP contribution in [-0.4, -0.2) is 23.9 Å². The van der Waals surface area contributed by atoms with E-state index >= 15 is 0 Å². The van der Waals surface area contributed by atoms with Gasteiger partial charge in [0.05, 0.1) is 0 Å². The van der Waals surface area contributed by atoms with Gasteiger partial charge in [0.2, 0.25) is 0 Å². The van der Waals surface area contributed by atoms with Gasteiger partial charge >= 0.3 is 6.61 Å². The number of halogens is 2. The molecule has 0 saturated carbocycles. The van der Waals surface area contributed by atoms with Crippen LogP contribution in [0.2, 0.25) is 0 Å². The summed E-state index contributed by atoms with van der Waals surface area (Å²) < 4.78 is 28.4. The fourth-order valence-corrected chi connectivity index (χ4v) is 1.23. The third-order valence-electron chi connectivity index (χ3n) is 1.88. The number of hydrogen-bond acceptors (Lipinski definition) is 3. The number of rotatable bonds is 4. The molecule has 0 heterocycles. The van der Waals surface area contributed by atoms with E-state index in [1.165, 1.54) is 13.1 Å². The summed E-state index contributed by atoms with van der Waals surface area (Å²) in [4.78, 5) is 0. The Balaban J connectivity index is 2.85. The van der Waals surface area contributed by atoms with Gasteiger partial charge in [-0.2, -0.15) is 13.8 Å². The lowest BCUT2D eigenvalue weighted by molar-refractivity contribution is -0.0734. The molecule has 1 aromatic carbocycles. The molecule has 3 nitrogen and oxygen atoms in total. The quantitative estimate of drug-likeness (QED) is 0.786. The molecule has 0 atom stereocenters. The zero-order chi connectivity index (χ0) is 11.4. The average molecular weight is 217 g/mol. The second kappa shape index (κ2) is 5.04. The van der Waals surface area contributed by atoms with Crippen molar-refractivity contribution < 1.29 is 18.7 Å². The fourth-order valence-electron chi connectivity index (χ4n) is 1.23. The molecule has 5 heteroatoms. The highest BCUT2D eigenvalue weighted by Gasteiger charge is 2.08. The summed E-state index contributed by atoms with van der Waals surface area (Å²) >= 11 is 0. The monoisotopic (exact) mass is 217 g/mol.